The van der Waals surface area contributed by atoms with Crippen LogP contribution < -0.4 is 5.32 Å². The molecule has 6 heteroatoms. The minimum Gasteiger partial charge on any atom is -0.507 e. The summed E-state index contributed by atoms with van der Waals surface area (Å²) in [4.78, 5) is 12.1. The molecule has 0 spiro atoms. The highest BCUT2D eigenvalue weighted by Gasteiger charge is 2.20. The van der Waals surface area contributed by atoms with Gasteiger partial charge in [0, 0.05) is 5.56 Å². The molecule has 0 saturated heterocycles. The Labute approximate surface area is 115 Å². The highest BCUT2D eigenvalue weighted by Crippen LogP contribution is 2.23. The number of carbonyl (C=O) groups excluding carboxylic acids is 1. The van der Waals surface area contributed by atoms with Crippen molar-refractivity contribution in [2.24, 2.45) is 0 Å². The summed E-state index contributed by atoms with van der Waals surface area (Å²) < 4.78 is 18.2. The maximum Gasteiger partial charge on any atom is 0.255 e. The lowest BCUT2D eigenvalue weighted by molar-refractivity contribution is 0.0936. The fourth-order valence-electron chi connectivity index (χ4n) is 2.14. The molecule has 1 aromatic heterocycles. The molecule has 1 atom stereocenters. The van der Waals surface area contributed by atoms with Gasteiger partial charge in [0.15, 0.2) is 0 Å². The highest BCUT2D eigenvalue weighted by molar-refractivity contribution is 5.97. The van der Waals surface area contributed by atoms with Gasteiger partial charge in [-0.05, 0) is 39.0 Å². The zero-order valence-corrected chi connectivity index (χ0v) is 11.4. The Morgan fingerprint density at radius 1 is 1.45 bits per heavy atom. The molecule has 0 radical (unpaired) electrons. The number of nitrogens with zero attached hydrogens (tertiary/aromatic N) is 1. The smallest absolute Gasteiger partial charge is 0.255 e. The summed E-state index contributed by atoms with van der Waals surface area (Å²) in [7, 11) is 0. The number of amides is 1. The van der Waals surface area contributed by atoms with Crippen LogP contribution in [0, 0.1) is 19.7 Å². The second-order valence-electron chi connectivity index (χ2n) is 4.59. The first-order valence-corrected chi connectivity index (χ1v) is 6.12. The maximum absolute atomic E-state index is 13.1. The number of carbonyl (C=O) groups is 1. The third-order valence-electron chi connectivity index (χ3n) is 3.07. The van der Waals surface area contributed by atoms with E-state index in [9.17, 15) is 14.3 Å². The number of hydrogen-bond acceptors (Lipinski definition) is 4. The number of aromatic hydroxyl groups is 1. The average Bonchev–Trinajstić information content (AvgIpc) is 2.71. The van der Waals surface area contributed by atoms with Crippen molar-refractivity contribution < 1.29 is 18.8 Å². The van der Waals surface area contributed by atoms with E-state index in [-0.39, 0.29) is 17.4 Å². The van der Waals surface area contributed by atoms with Crippen LogP contribution in [0.3, 0.4) is 0 Å². The van der Waals surface area contributed by atoms with Crippen molar-refractivity contribution in [3.8, 4) is 5.75 Å². The first-order valence-electron chi connectivity index (χ1n) is 6.12. The van der Waals surface area contributed by atoms with E-state index in [0.29, 0.717) is 11.5 Å². The molecule has 0 aliphatic heterocycles. The van der Waals surface area contributed by atoms with Crippen LogP contribution in [-0.2, 0) is 0 Å². The lowest BCUT2D eigenvalue weighted by atomic mass is 10.1. The van der Waals surface area contributed by atoms with Crippen molar-refractivity contribution in [1.29, 1.82) is 0 Å². The van der Waals surface area contributed by atoms with Crippen LogP contribution in [0.15, 0.2) is 22.7 Å². The monoisotopic (exact) mass is 278 g/mol. The molecule has 1 unspecified atom stereocenters. The zero-order valence-electron chi connectivity index (χ0n) is 11.4. The van der Waals surface area contributed by atoms with Crippen molar-refractivity contribution in [2.75, 3.05) is 0 Å². The van der Waals surface area contributed by atoms with Crippen LogP contribution in [0.1, 0.15) is 40.3 Å². The van der Waals surface area contributed by atoms with E-state index in [1.807, 2.05) is 0 Å². The third-order valence-corrected chi connectivity index (χ3v) is 3.07. The number of rotatable bonds is 3. The zero-order chi connectivity index (χ0) is 14.9. The van der Waals surface area contributed by atoms with Crippen LogP contribution in [0.25, 0.3) is 0 Å². The highest BCUT2D eigenvalue weighted by atomic mass is 19.1. The normalized spacial score (nSPS) is 12.2. The molecule has 0 aliphatic carbocycles. The lowest BCUT2D eigenvalue weighted by Gasteiger charge is -2.14. The van der Waals surface area contributed by atoms with E-state index >= 15 is 0 Å². The molecule has 2 N–H and O–H groups in total. The van der Waals surface area contributed by atoms with E-state index < -0.39 is 11.7 Å². The number of hydrogen-bond donors (Lipinski definition) is 2. The van der Waals surface area contributed by atoms with Crippen LogP contribution in [0.2, 0.25) is 0 Å². The number of nitrogens with one attached hydrogen (secondary N) is 1. The summed E-state index contributed by atoms with van der Waals surface area (Å²) in [5.74, 6) is -0.805. The van der Waals surface area contributed by atoms with Gasteiger partial charge in [-0.25, -0.2) is 4.39 Å². The van der Waals surface area contributed by atoms with Gasteiger partial charge >= 0.3 is 0 Å². The van der Waals surface area contributed by atoms with Crippen molar-refractivity contribution in [2.45, 2.75) is 26.8 Å². The molecule has 1 aromatic carbocycles. The van der Waals surface area contributed by atoms with Gasteiger partial charge in [-0.3, -0.25) is 4.79 Å². The second kappa shape index (κ2) is 5.32. The van der Waals surface area contributed by atoms with Crippen molar-refractivity contribution in [3.63, 3.8) is 0 Å². The average molecular weight is 278 g/mol. The van der Waals surface area contributed by atoms with E-state index in [0.717, 1.165) is 23.8 Å². The first kappa shape index (κ1) is 14.0. The van der Waals surface area contributed by atoms with Gasteiger partial charge < -0.3 is 14.9 Å². The topological polar surface area (TPSA) is 75.4 Å². The van der Waals surface area contributed by atoms with Crippen molar-refractivity contribution >= 4 is 5.91 Å². The number of halogens is 1. The van der Waals surface area contributed by atoms with Crippen LogP contribution in [0.5, 0.6) is 5.75 Å². The number of benzene rings is 1. The quantitative estimate of drug-likeness (QED) is 0.905. The van der Waals surface area contributed by atoms with E-state index in [1.165, 1.54) is 0 Å². The molecule has 1 amide bonds. The third kappa shape index (κ3) is 2.64. The Morgan fingerprint density at radius 2 is 2.15 bits per heavy atom. The van der Waals surface area contributed by atoms with Gasteiger partial charge in [0.25, 0.3) is 5.91 Å². The molecule has 0 bridgehead atoms. The molecule has 20 heavy (non-hydrogen) atoms. The van der Waals surface area contributed by atoms with Gasteiger partial charge in [0.05, 0.1) is 17.3 Å². The summed E-state index contributed by atoms with van der Waals surface area (Å²) in [6.45, 7) is 5.28. The molecule has 5 nitrogen and oxygen atoms in total. The number of phenols is 1. The Bertz CT molecular complexity index is 632. The molecular formula is C14H15FN2O3. The summed E-state index contributed by atoms with van der Waals surface area (Å²) in [5.41, 5.74) is 1.34. The summed E-state index contributed by atoms with van der Waals surface area (Å²) in [6, 6.07) is 2.86. The Morgan fingerprint density at radius 3 is 2.75 bits per heavy atom. The van der Waals surface area contributed by atoms with Gasteiger partial charge in [-0.1, -0.05) is 5.16 Å². The second-order valence-corrected chi connectivity index (χ2v) is 4.59. The van der Waals surface area contributed by atoms with E-state index in [4.69, 9.17) is 4.52 Å². The fraction of sp³-hybridized carbons (Fsp3) is 0.286. The Hall–Kier alpha value is -2.37. The minimum absolute atomic E-state index is 0.108. The van der Waals surface area contributed by atoms with Gasteiger partial charge in [0.1, 0.15) is 17.3 Å². The SMILES string of the molecule is Cc1noc(C)c1C(C)NC(=O)c1cc(F)ccc1O. The number of phenolic OH excluding ortho intramolecular Hbond substituents is 1. The predicted molar refractivity (Wildman–Crippen MR) is 69.9 cm³/mol. The van der Waals surface area contributed by atoms with E-state index in [1.54, 1.807) is 20.8 Å². The summed E-state index contributed by atoms with van der Waals surface area (Å²) >= 11 is 0. The maximum atomic E-state index is 13.1. The number of aromatic nitrogens is 1. The van der Waals surface area contributed by atoms with Gasteiger partial charge in [-0.15, -0.1) is 0 Å². The summed E-state index contributed by atoms with van der Waals surface area (Å²) in [6.07, 6.45) is 0. The minimum atomic E-state index is -0.585. The molecule has 106 valence electrons. The molecule has 0 saturated carbocycles. The molecule has 1 heterocycles. The van der Waals surface area contributed by atoms with Crippen LogP contribution >= 0.6 is 0 Å². The number of aryl methyl sites for hydroxylation is 2. The van der Waals surface area contributed by atoms with Gasteiger partial charge in [0.2, 0.25) is 0 Å². The summed E-state index contributed by atoms with van der Waals surface area (Å²) in [5, 5.41) is 16.1. The lowest BCUT2D eigenvalue weighted by Crippen LogP contribution is -2.27. The molecule has 0 aliphatic rings. The van der Waals surface area contributed by atoms with Crippen LogP contribution in [-0.4, -0.2) is 16.2 Å². The van der Waals surface area contributed by atoms with E-state index in [2.05, 4.69) is 10.5 Å². The molecule has 2 aromatic rings. The molecule has 0 fully saturated rings. The standard InChI is InChI=1S/C14H15FN2O3/c1-7(13-8(2)17-20-9(13)3)16-14(19)11-6-10(15)4-5-12(11)18/h4-7,18H,1-3H3,(H,16,19). The Balaban J connectivity index is 2.22. The fourth-order valence-corrected chi connectivity index (χ4v) is 2.14. The van der Waals surface area contributed by atoms with Crippen molar-refractivity contribution in [3.05, 3.63) is 46.6 Å². The van der Waals surface area contributed by atoms with Gasteiger partial charge in [-0.2, -0.15) is 0 Å². The molecular weight excluding hydrogens is 263 g/mol. The Kier molecular flexibility index (Phi) is 3.74. The predicted octanol–water partition coefficient (Wildman–Crippen LogP) is 2.63. The first-order chi connectivity index (χ1) is 9.40. The largest absolute Gasteiger partial charge is 0.507 e. The van der Waals surface area contributed by atoms with Crippen LogP contribution in [0.4, 0.5) is 4.39 Å². The van der Waals surface area contributed by atoms with Crippen molar-refractivity contribution in [1.82, 2.24) is 10.5 Å². The molecule has 2 rings (SSSR count).